The van der Waals surface area contributed by atoms with E-state index >= 15 is 0 Å². The number of nitrogen functional groups attached to an aromatic ring is 1. The van der Waals surface area contributed by atoms with Gasteiger partial charge in [-0.15, -0.1) is 0 Å². The minimum Gasteiger partial charge on any atom is -0.490 e. The van der Waals surface area contributed by atoms with Crippen LogP contribution in [0.4, 0.5) is 21.9 Å². The van der Waals surface area contributed by atoms with Gasteiger partial charge in [-0.2, -0.15) is 0 Å². The third-order valence-electron chi connectivity index (χ3n) is 5.03. The van der Waals surface area contributed by atoms with Crippen LogP contribution in [0.15, 0.2) is 42.5 Å². The second-order valence-electron chi connectivity index (χ2n) is 8.98. The van der Waals surface area contributed by atoms with E-state index in [1.54, 1.807) is 41.3 Å². The molecule has 34 heavy (non-hydrogen) atoms. The van der Waals surface area contributed by atoms with Crippen molar-refractivity contribution in [2.24, 2.45) is 0 Å². The molecule has 0 aromatic heterocycles. The lowest BCUT2D eigenvalue weighted by atomic mass is 10.1. The molecule has 1 saturated heterocycles. The molecule has 3 N–H and O–H groups in total. The number of hydrogen-bond acceptors (Lipinski definition) is 6. The van der Waals surface area contributed by atoms with Crippen LogP contribution in [0.2, 0.25) is 0 Å². The van der Waals surface area contributed by atoms with Crippen molar-refractivity contribution >= 4 is 29.1 Å². The van der Waals surface area contributed by atoms with E-state index in [1.807, 2.05) is 20.8 Å². The zero-order valence-corrected chi connectivity index (χ0v) is 19.7. The molecule has 3 rings (SSSR count). The fourth-order valence-electron chi connectivity index (χ4n) is 3.35. The van der Waals surface area contributed by atoms with E-state index in [0.717, 1.165) is 12.8 Å². The molecule has 0 aliphatic carbocycles. The summed E-state index contributed by atoms with van der Waals surface area (Å²) >= 11 is 0. The monoisotopic (exact) mass is 466 g/mol. The van der Waals surface area contributed by atoms with Gasteiger partial charge in [-0.25, -0.2) is 9.64 Å². The largest absolute Gasteiger partial charge is 0.490 e. The molecule has 0 atom stereocenters. The van der Waals surface area contributed by atoms with Gasteiger partial charge in [0, 0.05) is 25.9 Å². The average Bonchev–Trinajstić information content (AvgIpc) is 2.79. The molecule has 2 amide bonds. The van der Waals surface area contributed by atoms with Gasteiger partial charge >= 0.3 is 6.09 Å². The molecule has 9 nitrogen and oxygen atoms in total. The van der Waals surface area contributed by atoms with Crippen LogP contribution in [0.1, 0.15) is 33.6 Å². The first-order valence-electron chi connectivity index (χ1n) is 11.1. The molecule has 0 spiro atoms. The zero-order chi connectivity index (χ0) is 24.7. The Balaban J connectivity index is 1.43. The minimum atomic E-state index is -0.508. The van der Waals surface area contributed by atoms with E-state index in [0.29, 0.717) is 41.7 Å². The molecule has 1 aliphatic rings. The number of rotatable bonds is 6. The number of nitrogens with one attached hydrogen (secondary N) is 1. The fraction of sp³-hybridized carbons (Fsp3) is 0.400. The Bertz CT molecular complexity index is 1050. The normalized spacial score (nSPS) is 14.1. The van der Waals surface area contributed by atoms with E-state index in [1.165, 1.54) is 6.07 Å². The Hall–Kier alpha value is -3.93. The molecule has 0 saturated carbocycles. The van der Waals surface area contributed by atoms with Gasteiger partial charge in [0.1, 0.15) is 23.2 Å². The van der Waals surface area contributed by atoms with Crippen molar-refractivity contribution in [1.29, 1.82) is 0 Å². The Kier molecular flexibility index (Phi) is 7.84. The van der Waals surface area contributed by atoms with Gasteiger partial charge in [-0.1, -0.05) is 6.07 Å². The summed E-state index contributed by atoms with van der Waals surface area (Å²) in [4.78, 5) is 29.4. The molecule has 1 aliphatic heterocycles. The summed E-state index contributed by atoms with van der Waals surface area (Å²) in [7, 11) is 0. The Morgan fingerprint density at radius 2 is 1.76 bits per heavy atom. The molecule has 0 unspecified atom stereocenters. The first-order chi connectivity index (χ1) is 16.1. The number of carbonyl (C=O) groups is 2. The predicted octanol–water partition coefficient (Wildman–Crippen LogP) is 4.62. The second-order valence-corrected chi connectivity index (χ2v) is 8.98. The number of piperidine rings is 1. The van der Waals surface area contributed by atoms with E-state index in [4.69, 9.17) is 26.5 Å². The number of nitrogens with zero attached hydrogens (tertiary/aromatic N) is 2. The van der Waals surface area contributed by atoms with E-state index < -0.39 is 5.60 Å². The fourth-order valence-corrected chi connectivity index (χ4v) is 3.35. The molecule has 180 valence electrons. The van der Waals surface area contributed by atoms with Crippen LogP contribution in [0, 0.1) is 6.57 Å². The summed E-state index contributed by atoms with van der Waals surface area (Å²) in [6.45, 7) is 13.6. The van der Waals surface area contributed by atoms with Crippen molar-refractivity contribution < 1.29 is 23.8 Å². The Labute approximate surface area is 199 Å². The topological polar surface area (TPSA) is 107 Å². The number of likely N-dealkylation sites (tertiary alicyclic amines) is 1. The highest BCUT2D eigenvalue weighted by atomic mass is 16.6. The molecule has 2 aromatic carbocycles. The first-order valence-corrected chi connectivity index (χ1v) is 11.1. The third kappa shape index (κ3) is 7.30. The van der Waals surface area contributed by atoms with Gasteiger partial charge in [0.2, 0.25) is 0 Å². The first kappa shape index (κ1) is 24.7. The summed E-state index contributed by atoms with van der Waals surface area (Å²) < 4.78 is 17.0. The molecular weight excluding hydrogens is 436 g/mol. The maximum atomic E-state index is 12.2. The number of anilines is 2. The van der Waals surface area contributed by atoms with Crippen molar-refractivity contribution in [1.82, 2.24) is 4.90 Å². The lowest BCUT2D eigenvalue weighted by Crippen LogP contribution is -2.44. The molecular formula is C25H30N4O5. The molecule has 1 fully saturated rings. The van der Waals surface area contributed by atoms with Crippen molar-refractivity contribution in [3.8, 4) is 11.5 Å². The summed E-state index contributed by atoms with van der Waals surface area (Å²) in [5.41, 5.74) is 6.47. The number of carbonyl (C=O) groups excluding carboxylic acids is 2. The van der Waals surface area contributed by atoms with Gasteiger partial charge in [0.25, 0.3) is 5.91 Å². The van der Waals surface area contributed by atoms with Gasteiger partial charge in [-0.3, -0.25) is 4.79 Å². The van der Waals surface area contributed by atoms with Crippen molar-refractivity contribution in [2.75, 3.05) is 30.7 Å². The summed E-state index contributed by atoms with van der Waals surface area (Å²) in [6.07, 6.45) is 1.15. The van der Waals surface area contributed by atoms with Crippen molar-refractivity contribution in [2.45, 2.75) is 45.3 Å². The van der Waals surface area contributed by atoms with E-state index in [9.17, 15) is 9.59 Å². The van der Waals surface area contributed by atoms with Crippen LogP contribution in [0.3, 0.4) is 0 Å². The zero-order valence-electron chi connectivity index (χ0n) is 19.7. The lowest BCUT2D eigenvalue weighted by Gasteiger charge is -2.33. The van der Waals surface area contributed by atoms with Gasteiger partial charge in [-0.05, 0) is 57.2 Å². The Morgan fingerprint density at radius 3 is 2.38 bits per heavy atom. The smallest absolute Gasteiger partial charge is 0.410 e. The maximum absolute atomic E-state index is 12.2. The van der Waals surface area contributed by atoms with Crippen LogP contribution in [0.5, 0.6) is 11.5 Å². The third-order valence-corrected chi connectivity index (χ3v) is 5.03. The number of nitrogens with two attached hydrogens (primary N) is 1. The van der Waals surface area contributed by atoms with Crippen LogP contribution in [-0.2, 0) is 9.53 Å². The molecule has 1 heterocycles. The summed E-state index contributed by atoms with van der Waals surface area (Å²) in [6, 6.07) is 11.7. The lowest BCUT2D eigenvalue weighted by molar-refractivity contribution is -0.118. The highest BCUT2D eigenvalue weighted by Gasteiger charge is 2.27. The quantitative estimate of drug-likeness (QED) is 0.475. The van der Waals surface area contributed by atoms with Gasteiger partial charge in [0.15, 0.2) is 12.3 Å². The van der Waals surface area contributed by atoms with Crippen LogP contribution >= 0.6 is 0 Å². The van der Waals surface area contributed by atoms with Crippen LogP contribution in [0.25, 0.3) is 4.85 Å². The number of ether oxygens (including phenoxy) is 3. The minimum absolute atomic E-state index is 0.00732. The molecule has 0 radical (unpaired) electrons. The average molecular weight is 467 g/mol. The highest BCUT2D eigenvalue weighted by molar-refractivity contribution is 5.95. The molecule has 2 aromatic rings. The van der Waals surface area contributed by atoms with E-state index in [2.05, 4.69) is 10.2 Å². The summed E-state index contributed by atoms with van der Waals surface area (Å²) in [5, 5.41) is 2.65. The number of hydrogen-bond donors (Lipinski definition) is 2. The van der Waals surface area contributed by atoms with Crippen molar-refractivity contribution in [3.63, 3.8) is 0 Å². The second kappa shape index (κ2) is 10.8. The SMILES string of the molecule is [C-]#[N+]c1ccc(N)c(NC(=O)COc2ccc(OC3CCN(C(=O)OC(C)(C)C)CC3)cc2)c1. The summed E-state index contributed by atoms with van der Waals surface area (Å²) in [5.74, 6) is 0.826. The predicted molar refractivity (Wildman–Crippen MR) is 129 cm³/mol. The van der Waals surface area contributed by atoms with Crippen LogP contribution < -0.4 is 20.5 Å². The van der Waals surface area contributed by atoms with Crippen molar-refractivity contribution in [3.05, 3.63) is 53.9 Å². The molecule has 9 heteroatoms. The van der Waals surface area contributed by atoms with Gasteiger partial charge in [0.05, 0.1) is 17.9 Å². The number of amides is 2. The number of benzene rings is 2. The highest BCUT2D eigenvalue weighted by Crippen LogP contribution is 2.25. The van der Waals surface area contributed by atoms with Crippen LogP contribution in [-0.4, -0.2) is 48.3 Å². The van der Waals surface area contributed by atoms with Gasteiger partial charge < -0.3 is 30.2 Å². The standard InChI is InChI=1S/C25H30N4O5/c1-25(2,3)34-24(31)29-13-11-20(12-14-29)33-19-8-6-18(7-9-19)32-16-23(30)28-22-15-17(27-4)5-10-21(22)26/h5-10,15,20H,11-14,16,26H2,1-3H3,(H,28,30). The molecule has 0 bridgehead atoms. The maximum Gasteiger partial charge on any atom is 0.410 e. The Morgan fingerprint density at radius 1 is 1.12 bits per heavy atom. The van der Waals surface area contributed by atoms with E-state index in [-0.39, 0.29) is 24.7 Å².